The largest absolute Gasteiger partial charge is 0.490 e. The first-order valence-electron chi connectivity index (χ1n) is 12.6. The maximum Gasteiger partial charge on any atom is 0.277 e. The number of β-amino-alcohol motifs (C(OH)–C–C–N with tert-alkyl or cyclic N) is 1. The molecule has 1 amide bonds. The van der Waals surface area contributed by atoms with Gasteiger partial charge in [-0.25, -0.2) is 4.99 Å². The van der Waals surface area contributed by atoms with E-state index in [1.807, 2.05) is 31.2 Å². The summed E-state index contributed by atoms with van der Waals surface area (Å²) in [6.07, 6.45) is 3.33. The molecule has 0 spiro atoms. The summed E-state index contributed by atoms with van der Waals surface area (Å²) in [4.78, 5) is 20.5. The molecule has 6 nitrogen and oxygen atoms in total. The van der Waals surface area contributed by atoms with E-state index in [1.54, 1.807) is 13.1 Å². The molecule has 0 aromatic heterocycles. The minimum Gasteiger partial charge on any atom is -0.490 e. The molecule has 2 heterocycles. The molecular formula is C30H33N3O3. The molecule has 0 saturated carbocycles. The van der Waals surface area contributed by atoms with Gasteiger partial charge in [-0.05, 0) is 67.3 Å². The minimum atomic E-state index is -0.595. The van der Waals surface area contributed by atoms with E-state index in [0.717, 1.165) is 31.5 Å². The zero-order chi connectivity index (χ0) is 25.1. The van der Waals surface area contributed by atoms with Gasteiger partial charge in [0.25, 0.3) is 5.91 Å². The van der Waals surface area contributed by atoms with Gasteiger partial charge >= 0.3 is 0 Å². The van der Waals surface area contributed by atoms with E-state index in [2.05, 4.69) is 52.4 Å². The second-order valence-corrected chi connectivity index (χ2v) is 9.74. The summed E-state index contributed by atoms with van der Waals surface area (Å²) in [5.41, 5.74) is 2.58. The van der Waals surface area contributed by atoms with Crippen LogP contribution in [0.4, 0.5) is 0 Å². The minimum absolute atomic E-state index is 0.130. The number of carbonyl (C=O) groups excluding carboxylic acids is 1. The molecular weight excluding hydrogens is 450 g/mol. The Hall–Kier alpha value is -3.48. The highest BCUT2D eigenvalue weighted by Crippen LogP contribution is 2.30. The van der Waals surface area contributed by atoms with Crippen molar-refractivity contribution >= 4 is 28.6 Å². The number of hydrogen-bond donors (Lipinski definition) is 1. The number of likely N-dealkylation sites (tertiary alicyclic amines) is 1. The molecule has 0 unspecified atom stereocenters. The van der Waals surface area contributed by atoms with E-state index in [4.69, 9.17) is 4.74 Å². The summed E-state index contributed by atoms with van der Waals surface area (Å²) in [6, 6.07) is 22.9. The van der Waals surface area contributed by atoms with Gasteiger partial charge in [-0.1, -0.05) is 60.7 Å². The number of rotatable bonds is 7. The summed E-state index contributed by atoms with van der Waals surface area (Å²) >= 11 is 0. The number of fused-ring (bicyclic) bond motifs is 1. The average Bonchev–Trinajstić information content (AvgIpc) is 3.14. The zero-order valence-corrected chi connectivity index (χ0v) is 20.9. The van der Waals surface area contributed by atoms with Crippen LogP contribution in [0.15, 0.2) is 77.4 Å². The van der Waals surface area contributed by atoms with Crippen molar-refractivity contribution < 1.29 is 14.6 Å². The number of piperidine rings is 1. The van der Waals surface area contributed by atoms with Gasteiger partial charge in [-0.3, -0.25) is 9.69 Å². The monoisotopic (exact) mass is 483 g/mol. The lowest BCUT2D eigenvalue weighted by Crippen LogP contribution is -2.40. The SMILES string of the molecule is CC1=NC(=Cc2ccccc2OC[C@@H](O)CN2CCC(c3ccc4ccccc4c3)CC2)C(=O)N1C. The van der Waals surface area contributed by atoms with Gasteiger partial charge in [0.2, 0.25) is 0 Å². The van der Waals surface area contributed by atoms with Gasteiger partial charge in [0, 0.05) is 19.2 Å². The van der Waals surface area contributed by atoms with Crippen molar-refractivity contribution in [3.63, 3.8) is 0 Å². The molecule has 5 rings (SSSR count). The molecule has 36 heavy (non-hydrogen) atoms. The number of para-hydroxylation sites is 1. The van der Waals surface area contributed by atoms with Gasteiger partial charge in [0.05, 0.1) is 0 Å². The Morgan fingerprint density at radius 2 is 1.78 bits per heavy atom. The second-order valence-electron chi connectivity index (χ2n) is 9.74. The molecule has 1 atom stereocenters. The van der Waals surface area contributed by atoms with Crippen LogP contribution in [0.1, 0.15) is 36.8 Å². The lowest BCUT2D eigenvalue weighted by Gasteiger charge is -2.33. The number of likely N-dealkylation sites (N-methyl/N-ethyl adjacent to an activating group) is 1. The van der Waals surface area contributed by atoms with Crippen LogP contribution in [0, 0.1) is 0 Å². The van der Waals surface area contributed by atoms with Crippen molar-refractivity contribution in [1.82, 2.24) is 9.80 Å². The number of aliphatic imine (C=N–C) groups is 1. The smallest absolute Gasteiger partial charge is 0.277 e. The lowest BCUT2D eigenvalue weighted by atomic mass is 9.88. The first-order chi connectivity index (χ1) is 17.5. The number of amides is 1. The number of amidine groups is 1. The molecule has 3 aromatic carbocycles. The highest BCUT2D eigenvalue weighted by molar-refractivity contribution is 6.13. The Labute approximate surface area is 212 Å². The maximum atomic E-state index is 12.3. The topological polar surface area (TPSA) is 65.4 Å². The fourth-order valence-corrected chi connectivity index (χ4v) is 5.04. The van der Waals surface area contributed by atoms with Crippen molar-refractivity contribution in [3.8, 4) is 5.75 Å². The number of aliphatic hydroxyl groups is 1. The van der Waals surface area contributed by atoms with Crippen LogP contribution in [0.2, 0.25) is 0 Å². The molecule has 1 saturated heterocycles. The summed E-state index contributed by atoms with van der Waals surface area (Å²) in [5, 5.41) is 13.3. The summed E-state index contributed by atoms with van der Waals surface area (Å²) in [7, 11) is 1.71. The molecule has 186 valence electrons. The van der Waals surface area contributed by atoms with Crippen LogP contribution < -0.4 is 4.74 Å². The third kappa shape index (κ3) is 5.35. The number of carbonyl (C=O) groups is 1. The molecule has 0 bridgehead atoms. The Balaban J connectivity index is 1.14. The molecule has 6 heteroatoms. The standard InChI is InChI=1S/C30H33N3O3/c1-21-31-28(30(35)32(21)2)18-26-9-5-6-10-29(26)36-20-27(34)19-33-15-13-23(14-16-33)25-12-11-22-7-3-4-8-24(22)17-25/h3-12,17-18,23,27,34H,13-16,19-20H2,1-2H3/t27-/m0/s1. The third-order valence-corrected chi connectivity index (χ3v) is 7.24. The Morgan fingerprint density at radius 1 is 1.06 bits per heavy atom. The van der Waals surface area contributed by atoms with Crippen LogP contribution in [-0.2, 0) is 4.79 Å². The second kappa shape index (κ2) is 10.6. The van der Waals surface area contributed by atoms with E-state index in [1.165, 1.54) is 21.2 Å². The lowest BCUT2D eigenvalue weighted by molar-refractivity contribution is -0.121. The highest BCUT2D eigenvalue weighted by Gasteiger charge is 2.25. The van der Waals surface area contributed by atoms with E-state index >= 15 is 0 Å². The Morgan fingerprint density at radius 3 is 2.53 bits per heavy atom. The van der Waals surface area contributed by atoms with E-state index in [9.17, 15) is 9.90 Å². The van der Waals surface area contributed by atoms with Gasteiger partial charge in [-0.2, -0.15) is 0 Å². The summed E-state index contributed by atoms with van der Waals surface area (Å²) < 4.78 is 5.98. The predicted octanol–water partition coefficient (Wildman–Crippen LogP) is 4.69. The molecule has 2 aliphatic rings. The van der Waals surface area contributed by atoms with E-state index in [0.29, 0.717) is 29.7 Å². The predicted molar refractivity (Wildman–Crippen MR) is 144 cm³/mol. The van der Waals surface area contributed by atoms with E-state index < -0.39 is 6.10 Å². The zero-order valence-electron chi connectivity index (χ0n) is 20.9. The van der Waals surface area contributed by atoms with Crippen LogP contribution >= 0.6 is 0 Å². The van der Waals surface area contributed by atoms with Crippen LogP contribution in [0.3, 0.4) is 0 Å². The van der Waals surface area contributed by atoms with Crippen molar-refractivity contribution in [3.05, 3.63) is 83.6 Å². The highest BCUT2D eigenvalue weighted by atomic mass is 16.5. The summed E-state index contributed by atoms with van der Waals surface area (Å²) in [6.45, 7) is 4.51. The van der Waals surface area contributed by atoms with Crippen molar-refractivity contribution in [1.29, 1.82) is 0 Å². The molecule has 3 aromatic rings. The third-order valence-electron chi connectivity index (χ3n) is 7.24. The molecule has 0 radical (unpaired) electrons. The molecule has 1 N–H and O–H groups in total. The van der Waals surface area contributed by atoms with Gasteiger partial charge in [0.15, 0.2) is 0 Å². The number of benzene rings is 3. The van der Waals surface area contributed by atoms with E-state index in [-0.39, 0.29) is 12.5 Å². The van der Waals surface area contributed by atoms with Gasteiger partial charge in [0.1, 0.15) is 30.0 Å². The van der Waals surface area contributed by atoms with Crippen LogP contribution in [-0.4, -0.2) is 66.0 Å². The molecule has 1 fully saturated rings. The Kier molecular flexibility index (Phi) is 7.16. The van der Waals surface area contributed by atoms with Crippen molar-refractivity contribution in [2.45, 2.75) is 31.8 Å². The average molecular weight is 484 g/mol. The van der Waals surface area contributed by atoms with Gasteiger partial charge < -0.3 is 14.7 Å². The van der Waals surface area contributed by atoms with Crippen molar-refractivity contribution in [2.75, 3.05) is 33.3 Å². The quantitative estimate of drug-likeness (QED) is 0.495. The fourth-order valence-electron chi connectivity index (χ4n) is 5.04. The van der Waals surface area contributed by atoms with Crippen LogP contribution in [0.5, 0.6) is 5.75 Å². The maximum absolute atomic E-state index is 12.3. The number of ether oxygens (including phenoxy) is 1. The first-order valence-corrected chi connectivity index (χ1v) is 12.6. The van der Waals surface area contributed by atoms with Crippen LogP contribution in [0.25, 0.3) is 16.8 Å². The first kappa shape index (κ1) is 24.2. The summed E-state index contributed by atoms with van der Waals surface area (Å²) in [5.74, 6) is 1.73. The number of aliphatic hydroxyl groups excluding tert-OH is 1. The normalized spacial score (nSPS) is 19.2. The van der Waals surface area contributed by atoms with Gasteiger partial charge in [-0.15, -0.1) is 0 Å². The fraction of sp³-hybridized carbons (Fsp3) is 0.333. The van der Waals surface area contributed by atoms with Crippen molar-refractivity contribution in [2.24, 2.45) is 4.99 Å². The molecule has 2 aliphatic heterocycles. The Bertz CT molecular complexity index is 1310. The number of nitrogens with zero attached hydrogens (tertiary/aromatic N) is 3. The number of hydrogen-bond acceptors (Lipinski definition) is 5. The molecule has 0 aliphatic carbocycles.